The summed E-state index contributed by atoms with van der Waals surface area (Å²) in [6, 6.07) is 13.2. The van der Waals surface area contributed by atoms with Crippen molar-refractivity contribution < 1.29 is 14.3 Å². The Morgan fingerprint density at radius 2 is 1.81 bits per heavy atom. The molecule has 27 heavy (non-hydrogen) atoms. The lowest BCUT2D eigenvalue weighted by Gasteiger charge is -2.25. The molecule has 0 aliphatic carbocycles. The van der Waals surface area contributed by atoms with E-state index in [1.54, 1.807) is 26.4 Å². The second-order valence-electron chi connectivity index (χ2n) is 6.69. The number of halogens is 1. The Labute approximate surface area is 165 Å². The Hall–Kier alpha value is -2.40. The number of carbonyl (C=O) groups excluding carboxylic acids is 1. The van der Waals surface area contributed by atoms with Crippen LogP contribution in [0.5, 0.6) is 11.5 Å². The van der Waals surface area contributed by atoms with Crippen molar-refractivity contribution in [2.24, 2.45) is 0 Å². The van der Waals surface area contributed by atoms with Crippen molar-refractivity contribution in [2.75, 3.05) is 32.6 Å². The summed E-state index contributed by atoms with van der Waals surface area (Å²) < 4.78 is 10.6. The van der Waals surface area contributed by atoms with E-state index in [1.807, 2.05) is 23.1 Å². The van der Waals surface area contributed by atoms with Gasteiger partial charge in [0.05, 0.1) is 14.2 Å². The molecule has 2 aromatic rings. The second-order valence-corrected chi connectivity index (χ2v) is 7.13. The Morgan fingerprint density at radius 3 is 2.52 bits per heavy atom. The van der Waals surface area contributed by atoms with Crippen molar-refractivity contribution in [3.8, 4) is 11.5 Å². The van der Waals surface area contributed by atoms with Crippen LogP contribution >= 0.6 is 11.6 Å². The van der Waals surface area contributed by atoms with Gasteiger partial charge in [-0.1, -0.05) is 30.2 Å². The van der Waals surface area contributed by atoms with Crippen LogP contribution < -0.4 is 14.8 Å². The molecule has 6 heteroatoms. The molecule has 0 spiro atoms. The number of nitrogens with zero attached hydrogens (tertiary/aromatic N) is 1. The minimum atomic E-state index is -0.0944. The number of carbonyl (C=O) groups is 1. The number of rotatable bonds is 4. The number of ether oxygens (including phenoxy) is 2. The fraction of sp³-hybridized carbons (Fsp3) is 0.381. The molecule has 1 aliphatic rings. The molecule has 2 aromatic carbocycles. The highest BCUT2D eigenvalue weighted by molar-refractivity contribution is 6.30. The Morgan fingerprint density at radius 1 is 1.07 bits per heavy atom. The van der Waals surface area contributed by atoms with Crippen LogP contribution in [-0.2, 0) is 0 Å². The number of methoxy groups -OCH3 is 2. The zero-order valence-corrected chi connectivity index (χ0v) is 16.5. The minimum absolute atomic E-state index is 0.0944. The lowest BCUT2D eigenvalue weighted by atomic mass is 9.94. The van der Waals surface area contributed by atoms with Crippen molar-refractivity contribution in [3.05, 3.63) is 53.1 Å². The molecule has 0 aromatic heterocycles. The number of amides is 2. The minimum Gasteiger partial charge on any atom is -0.493 e. The molecule has 1 aliphatic heterocycles. The third-order valence-electron chi connectivity index (χ3n) is 4.93. The molecule has 3 rings (SSSR count). The van der Waals surface area contributed by atoms with Gasteiger partial charge in [0.15, 0.2) is 11.5 Å². The molecule has 1 fully saturated rings. The predicted molar refractivity (Wildman–Crippen MR) is 108 cm³/mol. The van der Waals surface area contributed by atoms with E-state index < -0.39 is 0 Å². The van der Waals surface area contributed by atoms with Crippen molar-refractivity contribution in [1.29, 1.82) is 0 Å². The van der Waals surface area contributed by atoms with Crippen LogP contribution in [0.1, 0.15) is 30.7 Å². The van der Waals surface area contributed by atoms with Gasteiger partial charge in [-0.15, -0.1) is 0 Å². The maximum absolute atomic E-state index is 12.8. The van der Waals surface area contributed by atoms with Crippen LogP contribution in [0.3, 0.4) is 0 Å². The van der Waals surface area contributed by atoms with Gasteiger partial charge in [-0.2, -0.15) is 0 Å². The molecule has 144 valence electrons. The maximum Gasteiger partial charge on any atom is 0.321 e. The summed E-state index contributed by atoms with van der Waals surface area (Å²) in [5.74, 6) is 1.54. The average Bonchev–Trinajstić information content (AvgIpc) is 2.95. The lowest BCUT2D eigenvalue weighted by Crippen LogP contribution is -2.37. The van der Waals surface area contributed by atoms with Crippen LogP contribution in [0.4, 0.5) is 10.5 Å². The molecule has 2 amide bonds. The van der Waals surface area contributed by atoms with Gasteiger partial charge in [-0.05, 0) is 42.7 Å². The van der Waals surface area contributed by atoms with Gasteiger partial charge in [0.25, 0.3) is 0 Å². The molecule has 5 nitrogen and oxygen atoms in total. The fourth-order valence-electron chi connectivity index (χ4n) is 3.45. The first-order chi connectivity index (χ1) is 13.1. The predicted octanol–water partition coefficient (Wildman–Crippen LogP) is 5.16. The molecule has 1 saturated heterocycles. The van der Waals surface area contributed by atoms with Gasteiger partial charge in [0, 0.05) is 35.8 Å². The van der Waals surface area contributed by atoms with Crippen LogP contribution in [-0.4, -0.2) is 38.2 Å². The van der Waals surface area contributed by atoms with Gasteiger partial charge in [0.1, 0.15) is 0 Å². The lowest BCUT2D eigenvalue weighted by molar-refractivity contribution is 0.211. The highest BCUT2D eigenvalue weighted by Gasteiger charge is 2.23. The molecular formula is C21H25ClN2O3. The van der Waals surface area contributed by atoms with E-state index in [4.69, 9.17) is 21.1 Å². The molecule has 1 N–H and O–H groups in total. The van der Waals surface area contributed by atoms with Gasteiger partial charge in [-0.25, -0.2) is 4.79 Å². The molecule has 1 atom stereocenters. The van der Waals surface area contributed by atoms with Crippen LogP contribution in [0.15, 0.2) is 42.5 Å². The van der Waals surface area contributed by atoms with Crippen LogP contribution in [0.2, 0.25) is 5.02 Å². The SMILES string of the molecule is COc1ccc(NC(=O)N2CCCCC(c3ccc(Cl)cc3)C2)cc1OC. The fourth-order valence-corrected chi connectivity index (χ4v) is 3.58. The molecule has 1 unspecified atom stereocenters. The zero-order chi connectivity index (χ0) is 19.2. The first-order valence-corrected chi connectivity index (χ1v) is 9.52. The van der Waals surface area contributed by atoms with E-state index in [-0.39, 0.29) is 6.03 Å². The van der Waals surface area contributed by atoms with Crippen LogP contribution in [0.25, 0.3) is 0 Å². The zero-order valence-electron chi connectivity index (χ0n) is 15.7. The van der Waals surface area contributed by atoms with E-state index in [9.17, 15) is 4.79 Å². The van der Waals surface area contributed by atoms with E-state index in [2.05, 4.69) is 17.4 Å². The molecular weight excluding hydrogens is 364 g/mol. The number of anilines is 1. The van der Waals surface area contributed by atoms with Gasteiger partial charge in [0.2, 0.25) is 0 Å². The number of urea groups is 1. The quantitative estimate of drug-likeness (QED) is 0.787. The molecule has 0 bridgehead atoms. The van der Waals surface area contributed by atoms with E-state index in [0.29, 0.717) is 29.6 Å². The average molecular weight is 389 g/mol. The molecule has 0 radical (unpaired) electrons. The summed E-state index contributed by atoms with van der Waals surface area (Å²) in [7, 11) is 3.17. The highest BCUT2D eigenvalue weighted by atomic mass is 35.5. The number of hydrogen-bond donors (Lipinski definition) is 1. The largest absolute Gasteiger partial charge is 0.493 e. The third kappa shape index (κ3) is 4.86. The summed E-state index contributed by atoms with van der Waals surface area (Å²) in [5, 5.41) is 3.71. The standard InChI is InChI=1S/C21H25ClN2O3/c1-26-19-11-10-18(13-20(19)27-2)23-21(25)24-12-4-3-5-16(14-24)15-6-8-17(22)9-7-15/h6-11,13,16H,3-5,12,14H2,1-2H3,(H,23,25). The van der Waals surface area contributed by atoms with Crippen molar-refractivity contribution in [2.45, 2.75) is 25.2 Å². The summed E-state index contributed by atoms with van der Waals surface area (Å²) >= 11 is 6.00. The third-order valence-corrected chi connectivity index (χ3v) is 5.19. The topological polar surface area (TPSA) is 50.8 Å². The monoisotopic (exact) mass is 388 g/mol. The summed E-state index contributed by atoms with van der Waals surface area (Å²) in [4.78, 5) is 14.7. The number of benzene rings is 2. The van der Waals surface area contributed by atoms with Crippen molar-refractivity contribution in [3.63, 3.8) is 0 Å². The number of hydrogen-bond acceptors (Lipinski definition) is 3. The normalized spacial score (nSPS) is 17.1. The first-order valence-electron chi connectivity index (χ1n) is 9.14. The summed E-state index contributed by atoms with van der Waals surface area (Å²) in [6.45, 7) is 1.45. The smallest absolute Gasteiger partial charge is 0.321 e. The Balaban J connectivity index is 1.70. The maximum atomic E-state index is 12.8. The number of nitrogens with one attached hydrogen (secondary N) is 1. The summed E-state index contributed by atoms with van der Waals surface area (Å²) in [5.41, 5.74) is 1.91. The Kier molecular flexibility index (Phi) is 6.45. The highest BCUT2D eigenvalue weighted by Crippen LogP contribution is 2.31. The van der Waals surface area contributed by atoms with Crippen LogP contribution in [0, 0.1) is 0 Å². The Bertz CT molecular complexity index is 779. The van der Waals surface area contributed by atoms with Crippen molar-refractivity contribution >= 4 is 23.3 Å². The molecule has 0 saturated carbocycles. The first kappa shape index (κ1) is 19.4. The van der Waals surface area contributed by atoms with Gasteiger partial charge < -0.3 is 19.7 Å². The molecule has 1 heterocycles. The van der Waals surface area contributed by atoms with E-state index in [1.165, 1.54) is 5.56 Å². The van der Waals surface area contributed by atoms with Crippen molar-refractivity contribution in [1.82, 2.24) is 4.90 Å². The number of likely N-dealkylation sites (tertiary alicyclic amines) is 1. The van der Waals surface area contributed by atoms with Gasteiger partial charge >= 0.3 is 6.03 Å². The second kappa shape index (κ2) is 9.00. The van der Waals surface area contributed by atoms with E-state index in [0.717, 1.165) is 30.8 Å². The summed E-state index contributed by atoms with van der Waals surface area (Å²) in [6.07, 6.45) is 3.18. The van der Waals surface area contributed by atoms with Gasteiger partial charge in [-0.3, -0.25) is 0 Å². The van der Waals surface area contributed by atoms with E-state index >= 15 is 0 Å².